The minimum atomic E-state index is 0.169. The molecule has 1 aliphatic heterocycles. The maximum Gasteiger partial charge on any atom is 0.234 e. The number of nitrogens with one attached hydrogen (secondary N) is 1. The van der Waals surface area contributed by atoms with Gasteiger partial charge in [0, 0.05) is 18.6 Å². The van der Waals surface area contributed by atoms with Crippen molar-refractivity contribution >= 4 is 5.91 Å². The van der Waals surface area contributed by atoms with Gasteiger partial charge in [-0.15, -0.1) is 0 Å². The smallest absolute Gasteiger partial charge is 0.234 e. The van der Waals surface area contributed by atoms with Crippen LogP contribution < -0.4 is 5.32 Å². The number of carbonyl (C=O) groups excluding carboxylic acids is 1. The van der Waals surface area contributed by atoms with Crippen molar-refractivity contribution in [1.29, 1.82) is 0 Å². The molecule has 0 bridgehead atoms. The number of rotatable bonds is 4. The van der Waals surface area contributed by atoms with Crippen molar-refractivity contribution < 1.29 is 4.79 Å². The molecular weight excluding hydrogens is 250 g/mol. The van der Waals surface area contributed by atoms with Crippen LogP contribution in [0.4, 0.5) is 0 Å². The number of hydrogen-bond acceptors (Lipinski definition) is 3. The molecule has 1 aliphatic carbocycles. The van der Waals surface area contributed by atoms with Gasteiger partial charge in [-0.1, -0.05) is 25.7 Å². The molecule has 116 valence electrons. The van der Waals surface area contributed by atoms with Gasteiger partial charge in [0.15, 0.2) is 0 Å². The number of carbonyl (C=O) groups is 1. The highest BCUT2D eigenvalue weighted by Gasteiger charge is 2.27. The van der Waals surface area contributed by atoms with E-state index < -0.39 is 0 Å². The second-order valence-electron chi connectivity index (χ2n) is 6.78. The first-order valence-corrected chi connectivity index (χ1v) is 8.33. The summed E-state index contributed by atoms with van der Waals surface area (Å²) in [7, 11) is 3.89. The van der Waals surface area contributed by atoms with Crippen molar-refractivity contribution in [1.82, 2.24) is 15.1 Å². The molecule has 0 aromatic rings. The maximum absolute atomic E-state index is 11.9. The molecule has 1 atom stereocenters. The second kappa shape index (κ2) is 7.99. The van der Waals surface area contributed by atoms with Gasteiger partial charge in [-0.05, 0) is 46.3 Å². The number of amides is 1. The highest BCUT2D eigenvalue weighted by Crippen LogP contribution is 2.24. The van der Waals surface area contributed by atoms with Crippen LogP contribution in [0.1, 0.15) is 51.4 Å². The van der Waals surface area contributed by atoms with Gasteiger partial charge in [0.2, 0.25) is 5.91 Å². The number of likely N-dealkylation sites (N-methyl/N-ethyl adjacent to an activating group) is 1. The van der Waals surface area contributed by atoms with E-state index in [1.165, 1.54) is 51.5 Å². The minimum absolute atomic E-state index is 0.169. The fraction of sp³-hybridized carbons (Fsp3) is 0.938. The van der Waals surface area contributed by atoms with Gasteiger partial charge in [-0.3, -0.25) is 9.69 Å². The Labute approximate surface area is 123 Å². The number of nitrogens with zero attached hydrogens (tertiary/aromatic N) is 2. The van der Waals surface area contributed by atoms with E-state index in [-0.39, 0.29) is 5.91 Å². The van der Waals surface area contributed by atoms with Crippen molar-refractivity contribution in [2.45, 2.75) is 63.5 Å². The molecule has 1 heterocycles. The normalized spacial score (nSPS) is 26.4. The van der Waals surface area contributed by atoms with Crippen LogP contribution in [-0.2, 0) is 4.79 Å². The fourth-order valence-electron chi connectivity index (χ4n) is 3.64. The van der Waals surface area contributed by atoms with E-state index in [9.17, 15) is 4.79 Å². The summed E-state index contributed by atoms with van der Waals surface area (Å²) in [6.45, 7) is 2.79. The molecule has 1 N–H and O–H groups in total. The molecule has 0 aromatic heterocycles. The van der Waals surface area contributed by atoms with Crippen LogP contribution in [-0.4, -0.2) is 61.5 Å². The standard InChI is InChI=1S/C16H31N3O/c1-18(2)13-16(20)17-14-8-7-11-19(12-14)15-9-5-3-4-6-10-15/h14-15H,3-13H2,1-2H3,(H,17,20)/t14-/m1/s1. The van der Waals surface area contributed by atoms with E-state index in [2.05, 4.69) is 10.2 Å². The molecule has 0 aromatic carbocycles. The van der Waals surface area contributed by atoms with Gasteiger partial charge in [0.25, 0.3) is 0 Å². The Morgan fingerprint density at radius 3 is 2.45 bits per heavy atom. The molecule has 4 heteroatoms. The van der Waals surface area contributed by atoms with E-state index in [1.54, 1.807) is 0 Å². The first-order valence-electron chi connectivity index (χ1n) is 8.33. The number of piperidine rings is 1. The molecule has 0 spiro atoms. The zero-order chi connectivity index (χ0) is 14.4. The third-order valence-corrected chi connectivity index (χ3v) is 4.62. The van der Waals surface area contributed by atoms with Crippen LogP contribution in [0.3, 0.4) is 0 Å². The molecule has 2 aliphatic rings. The topological polar surface area (TPSA) is 35.6 Å². The predicted molar refractivity (Wildman–Crippen MR) is 82.8 cm³/mol. The van der Waals surface area contributed by atoms with Crippen molar-refractivity contribution in [3.05, 3.63) is 0 Å². The van der Waals surface area contributed by atoms with Crippen molar-refractivity contribution in [2.75, 3.05) is 33.7 Å². The van der Waals surface area contributed by atoms with Gasteiger partial charge >= 0.3 is 0 Å². The molecule has 2 fully saturated rings. The highest BCUT2D eigenvalue weighted by molar-refractivity contribution is 5.78. The summed E-state index contributed by atoms with van der Waals surface area (Å²) in [5.74, 6) is 0.169. The third kappa shape index (κ3) is 5.06. The van der Waals surface area contributed by atoms with E-state index >= 15 is 0 Å². The molecule has 1 saturated heterocycles. The molecule has 2 rings (SSSR count). The van der Waals surface area contributed by atoms with Crippen molar-refractivity contribution in [2.24, 2.45) is 0 Å². The van der Waals surface area contributed by atoms with Crippen molar-refractivity contribution in [3.8, 4) is 0 Å². The van der Waals surface area contributed by atoms with E-state index in [0.29, 0.717) is 12.6 Å². The average molecular weight is 281 g/mol. The van der Waals surface area contributed by atoms with Crippen LogP contribution in [0.2, 0.25) is 0 Å². The summed E-state index contributed by atoms with van der Waals surface area (Å²) < 4.78 is 0. The van der Waals surface area contributed by atoms with Gasteiger partial charge in [0.1, 0.15) is 0 Å². The monoisotopic (exact) mass is 281 g/mol. The van der Waals surface area contributed by atoms with E-state index in [4.69, 9.17) is 0 Å². The predicted octanol–water partition coefficient (Wildman–Crippen LogP) is 1.85. The molecule has 4 nitrogen and oxygen atoms in total. The molecule has 1 saturated carbocycles. The van der Waals surface area contributed by atoms with Crippen LogP contribution in [0.15, 0.2) is 0 Å². The van der Waals surface area contributed by atoms with Gasteiger partial charge < -0.3 is 10.2 Å². The summed E-state index contributed by atoms with van der Waals surface area (Å²) in [6.07, 6.45) is 10.7. The SMILES string of the molecule is CN(C)CC(=O)N[C@@H]1CCCN(C2CCCCCC2)C1. The lowest BCUT2D eigenvalue weighted by Crippen LogP contribution is -2.52. The van der Waals surface area contributed by atoms with Gasteiger partial charge in [-0.25, -0.2) is 0 Å². The molecule has 0 radical (unpaired) electrons. The minimum Gasteiger partial charge on any atom is -0.351 e. The Kier molecular flexibility index (Phi) is 6.30. The summed E-state index contributed by atoms with van der Waals surface area (Å²) in [5, 5.41) is 3.21. The summed E-state index contributed by atoms with van der Waals surface area (Å²) in [5.41, 5.74) is 0. The van der Waals surface area contributed by atoms with Gasteiger partial charge in [0.05, 0.1) is 6.54 Å². The Morgan fingerprint density at radius 2 is 1.80 bits per heavy atom. The zero-order valence-corrected chi connectivity index (χ0v) is 13.2. The van der Waals surface area contributed by atoms with Crippen LogP contribution in [0.5, 0.6) is 0 Å². The lowest BCUT2D eigenvalue weighted by molar-refractivity contribution is -0.122. The molecule has 1 amide bonds. The Morgan fingerprint density at radius 1 is 1.10 bits per heavy atom. The maximum atomic E-state index is 11.9. The van der Waals surface area contributed by atoms with Crippen LogP contribution in [0, 0.1) is 0 Å². The third-order valence-electron chi connectivity index (χ3n) is 4.62. The Hall–Kier alpha value is -0.610. The Bertz CT molecular complexity index is 298. The first-order chi connectivity index (χ1) is 9.65. The molecule has 20 heavy (non-hydrogen) atoms. The number of hydrogen-bond donors (Lipinski definition) is 1. The summed E-state index contributed by atoms with van der Waals surface area (Å²) >= 11 is 0. The lowest BCUT2D eigenvalue weighted by atomic mass is 10.00. The number of likely N-dealkylation sites (tertiary alicyclic amines) is 1. The fourth-order valence-corrected chi connectivity index (χ4v) is 3.64. The lowest BCUT2D eigenvalue weighted by Gasteiger charge is -2.38. The molecular formula is C16H31N3O. The quantitative estimate of drug-likeness (QED) is 0.799. The van der Waals surface area contributed by atoms with Crippen molar-refractivity contribution in [3.63, 3.8) is 0 Å². The average Bonchev–Trinajstić information content (AvgIpc) is 2.66. The zero-order valence-electron chi connectivity index (χ0n) is 13.2. The van der Waals surface area contributed by atoms with Crippen LogP contribution in [0.25, 0.3) is 0 Å². The van der Waals surface area contributed by atoms with Crippen LogP contribution >= 0.6 is 0 Å². The van der Waals surface area contributed by atoms with E-state index in [1.807, 2.05) is 19.0 Å². The first kappa shape index (κ1) is 15.8. The summed E-state index contributed by atoms with van der Waals surface area (Å²) in [4.78, 5) is 16.5. The summed E-state index contributed by atoms with van der Waals surface area (Å²) in [6, 6.07) is 1.13. The molecule has 0 unspecified atom stereocenters. The second-order valence-corrected chi connectivity index (χ2v) is 6.78. The van der Waals surface area contributed by atoms with Gasteiger partial charge in [-0.2, -0.15) is 0 Å². The highest BCUT2D eigenvalue weighted by atomic mass is 16.2. The Balaban J connectivity index is 1.80. The van der Waals surface area contributed by atoms with E-state index in [0.717, 1.165) is 19.0 Å². The largest absolute Gasteiger partial charge is 0.351 e.